The average molecular weight is 366 g/mol. The number of aryl methyl sites for hydroxylation is 2. The molecule has 1 aliphatic carbocycles. The summed E-state index contributed by atoms with van der Waals surface area (Å²) < 4.78 is 5.81. The number of amides is 1. The zero-order chi connectivity index (χ0) is 19.1. The number of nitrogens with one attached hydrogen (secondary N) is 1. The maximum absolute atomic E-state index is 12.5. The van der Waals surface area contributed by atoms with Gasteiger partial charge < -0.3 is 15.2 Å². The molecule has 0 spiro atoms. The van der Waals surface area contributed by atoms with E-state index < -0.39 is 12.1 Å². The second-order valence-electron chi connectivity index (χ2n) is 7.39. The van der Waals surface area contributed by atoms with Gasteiger partial charge in [0.25, 0.3) is 5.91 Å². The maximum atomic E-state index is 12.5. The first kappa shape index (κ1) is 17.5. The van der Waals surface area contributed by atoms with Crippen LogP contribution in [0.5, 0.6) is 5.75 Å². The molecule has 1 saturated carbocycles. The normalized spacial score (nSPS) is 17.9. The summed E-state index contributed by atoms with van der Waals surface area (Å²) in [5.74, 6) is -0.134. The SMILES string of the molecule is Cc1cc2c(cc1C)OC(C(=O)NCc1ccc(C(=O)O)c(C3CC3)n1)C2. The van der Waals surface area contributed by atoms with Crippen LogP contribution >= 0.6 is 0 Å². The number of carbonyl (C=O) groups excluding carboxylic acids is 1. The first-order chi connectivity index (χ1) is 12.9. The lowest BCUT2D eigenvalue weighted by Gasteiger charge is -2.12. The van der Waals surface area contributed by atoms with Crippen molar-refractivity contribution in [3.63, 3.8) is 0 Å². The van der Waals surface area contributed by atoms with Crippen LogP contribution in [-0.4, -0.2) is 28.1 Å². The quantitative estimate of drug-likeness (QED) is 0.849. The van der Waals surface area contributed by atoms with Gasteiger partial charge in [-0.15, -0.1) is 0 Å². The van der Waals surface area contributed by atoms with Crippen molar-refractivity contribution in [2.24, 2.45) is 0 Å². The van der Waals surface area contributed by atoms with E-state index in [1.165, 1.54) is 5.56 Å². The summed E-state index contributed by atoms with van der Waals surface area (Å²) in [6.45, 7) is 4.33. The highest BCUT2D eigenvalue weighted by atomic mass is 16.5. The monoisotopic (exact) mass is 366 g/mol. The fourth-order valence-corrected chi connectivity index (χ4v) is 3.42. The first-order valence-corrected chi connectivity index (χ1v) is 9.20. The number of rotatable bonds is 5. The van der Waals surface area contributed by atoms with Crippen LogP contribution in [0.1, 0.15) is 57.2 Å². The Morgan fingerprint density at radius 2 is 1.96 bits per heavy atom. The number of ether oxygens (including phenoxy) is 1. The number of aromatic carboxylic acids is 1. The number of hydrogen-bond donors (Lipinski definition) is 2. The van der Waals surface area contributed by atoms with Crippen molar-refractivity contribution >= 4 is 11.9 Å². The van der Waals surface area contributed by atoms with Gasteiger partial charge in [0, 0.05) is 12.3 Å². The molecule has 2 heterocycles. The van der Waals surface area contributed by atoms with E-state index in [0.29, 0.717) is 17.8 Å². The largest absolute Gasteiger partial charge is 0.480 e. The van der Waals surface area contributed by atoms with Gasteiger partial charge in [0.15, 0.2) is 6.10 Å². The molecule has 27 heavy (non-hydrogen) atoms. The lowest BCUT2D eigenvalue weighted by atomic mass is 10.0. The molecule has 140 valence electrons. The summed E-state index contributed by atoms with van der Waals surface area (Å²) in [6.07, 6.45) is 1.95. The predicted molar refractivity (Wildman–Crippen MR) is 99.1 cm³/mol. The van der Waals surface area contributed by atoms with Gasteiger partial charge in [0.05, 0.1) is 23.5 Å². The Morgan fingerprint density at radius 1 is 1.22 bits per heavy atom. The Labute approximate surface area is 157 Å². The van der Waals surface area contributed by atoms with Gasteiger partial charge in [-0.25, -0.2) is 4.79 Å². The van der Waals surface area contributed by atoms with Crippen LogP contribution in [0.4, 0.5) is 0 Å². The van der Waals surface area contributed by atoms with Crippen molar-refractivity contribution in [1.82, 2.24) is 10.3 Å². The summed E-state index contributed by atoms with van der Waals surface area (Å²) in [4.78, 5) is 28.3. The lowest BCUT2D eigenvalue weighted by molar-refractivity contribution is -0.127. The Bertz CT molecular complexity index is 903. The topological polar surface area (TPSA) is 88.5 Å². The minimum Gasteiger partial charge on any atom is -0.480 e. The molecule has 2 aromatic rings. The molecule has 4 rings (SSSR count). The van der Waals surface area contributed by atoms with Crippen LogP contribution in [0.15, 0.2) is 24.3 Å². The summed E-state index contributed by atoms with van der Waals surface area (Å²) in [5.41, 5.74) is 4.94. The smallest absolute Gasteiger partial charge is 0.337 e. The molecule has 1 unspecified atom stereocenters. The van der Waals surface area contributed by atoms with E-state index in [9.17, 15) is 14.7 Å². The second kappa shape index (κ2) is 6.68. The van der Waals surface area contributed by atoms with E-state index in [-0.39, 0.29) is 23.9 Å². The maximum Gasteiger partial charge on any atom is 0.337 e. The van der Waals surface area contributed by atoms with Gasteiger partial charge in [-0.05, 0) is 61.6 Å². The van der Waals surface area contributed by atoms with E-state index in [1.807, 2.05) is 19.9 Å². The molecule has 1 aliphatic heterocycles. The summed E-state index contributed by atoms with van der Waals surface area (Å²) in [7, 11) is 0. The Balaban J connectivity index is 1.41. The van der Waals surface area contributed by atoms with E-state index >= 15 is 0 Å². The molecule has 0 radical (unpaired) electrons. The Kier molecular flexibility index (Phi) is 4.34. The van der Waals surface area contributed by atoms with Crippen molar-refractivity contribution in [1.29, 1.82) is 0 Å². The van der Waals surface area contributed by atoms with E-state index in [0.717, 1.165) is 29.7 Å². The summed E-state index contributed by atoms with van der Waals surface area (Å²) in [6, 6.07) is 7.29. The van der Waals surface area contributed by atoms with Crippen LogP contribution in [-0.2, 0) is 17.8 Å². The summed E-state index contributed by atoms with van der Waals surface area (Å²) in [5, 5.41) is 12.2. The van der Waals surface area contributed by atoms with Gasteiger partial charge in [0.1, 0.15) is 5.75 Å². The minimum atomic E-state index is -0.956. The minimum absolute atomic E-state index is 0.182. The molecule has 2 aliphatic rings. The average Bonchev–Trinajstić information content (AvgIpc) is 3.41. The van der Waals surface area contributed by atoms with Gasteiger partial charge >= 0.3 is 5.97 Å². The van der Waals surface area contributed by atoms with Crippen LogP contribution < -0.4 is 10.1 Å². The van der Waals surface area contributed by atoms with Crippen LogP contribution in [0, 0.1) is 13.8 Å². The van der Waals surface area contributed by atoms with Gasteiger partial charge in [-0.2, -0.15) is 0 Å². The molecule has 2 N–H and O–H groups in total. The third-order valence-corrected chi connectivity index (χ3v) is 5.26. The molecular formula is C21H22N2O4. The van der Waals surface area contributed by atoms with Gasteiger partial charge in [-0.1, -0.05) is 6.07 Å². The van der Waals surface area contributed by atoms with Gasteiger partial charge in [0.2, 0.25) is 0 Å². The number of benzene rings is 1. The molecule has 6 heteroatoms. The van der Waals surface area contributed by atoms with Crippen molar-refractivity contribution in [3.8, 4) is 5.75 Å². The third-order valence-electron chi connectivity index (χ3n) is 5.26. The molecule has 6 nitrogen and oxygen atoms in total. The number of pyridine rings is 1. The summed E-state index contributed by atoms with van der Waals surface area (Å²) >= 11 is 0. The zero-order valence-corrected chi connectivity index (χ0v) is 15.4. The number of carboxylic acid groups (broad SMARTS) is 1. The van der Waals surface area contributed by atoms with E-state index in [1.54, 1.807) is 12.1 Å². The molecule has 1 aromatic carbocycles. The highest BCUT2D eigenvalue weighted by Crippen LogP contribution is 2.40. The van der Waals surface area contributed by atoms with Crippen LogP contribution in [0.25, 0.3) is 0 Å². The van der Waals surface area contributed by atoms with Crippen molar-refractivity contribution < 1.29 is 19.4 Å². The second-order valence-corrected chi connectivity index (χ2v) is 7.39. The molecule has 1 atom stereocenters. The third kappa shape index (κ3) is 3.52. The van der Waals surface area contributed by atoms with Crippen LogP contribution in [0.3, 0.4) is 0 Å². The number of aromatic nitrogens is 1. The highest BCUT2D eigenvalue weighted by Gasteiger charge is 2.31. The number of nitrogens with zero attached hydrogens (tertiary/aromatic N) is 1. The standard InChI is InChI=1S/C21H22N2O4/c1-11-7-14-9-18(27-17(14)8-12(11)2)20(24)22-10-15-5-6-16(21(25)26)19(23-15)13-3-4-13/h5-8,13,18H,3-4,9-10H2,1-2H3,(H,22,24)(H,25,26). The molecule has 0 saturated heterocycles. The van der Waals surface area contributed by atoms with E-state index in [4.69, 9.17) is 4.74 Å². The molecule has 0 bridgehead atoms. The molecule has 1 fully saturated rings. The molecule has 1 amide bonds. The van der Waals surface area contributed by atoms with E-state index in [2.05, 4.69) is 16.4 Å². The first-order valence-electron chi connectivity index (χ1n) is 9.20. The zero-order valence-electron chi connectivity index (χ0n) is 15.4. The van der Waals surface area contributed by atoms with Gasteiger partial charge in [-0.3, -0.25) is 9.78 Å². The lowest BCUT2D eigenvalue weighted by Crippen LogP contribution is -2.37. The fraction of sp³-hybridized carbons (Fsp3) is 0.381. The predicted octanol–water partition coefficient (Wildman–Crippen LogP) is 2.89. The highest BCUT2D eigenvalue weighted by molar-refractivity contribution is 5.89. The molecule has 1 aromatic heterocycles. The van der Waals surface area contributed by atoms with Crippen molar-refractivity contribution in [3.05, 3.63) is 57.9 Å². The Morgan fingerprint density at radius 3 is 2.67 bits per heavy atom. The number of fused-ring (bicyclic) bond motifs is 1. The van der Waals surface area contributed by atoms with Crippen molar-refractivity contribution in [2.45, 2.75) is 51.7 Å². The fourth-order valence-electron chi connectivity index (χ4n) is 3.42. The Hall–Kier alpha value is -2.89. The van der Waals surface area contributed by atoms with Crippen molar-refractivity contribution in [2.75, 3.05) is 0 Å². The molecular weight excluding hydrogens is 344 g/mol. The number of carbonyl (C=O) groups is 2. The number of hydrogen-bond acceptors (Lipinski definition) is 4. The number of carboxylic acids is 1. The van der Waals surface area contributed by atoms with Crippen LogP contribution in [0.2, 0.25) is 0 Å².